The molecule has 1 unspecified atom stereocenters. The minimum Gasteiger partial charge on any atom is -0.491 e. The Morgan fingerprint density at radius 2 is 1.64 bits per heavy atom. The van der Waals surface area contributed by atoms with Gasteiger partial charge in [0.15, 0.2) is 0 Å². The fourth-order valence-electron chi connectivity index (χ4n) is 4.75. The molecule has 0 amide bonds. The van der Waals surface area contributed by atoms with Crippen molar-refractivity contribution in [3.63, 3.8) is 0 Å². The van der Waals surface area contributed by atoms with E-state index in [1.54, 1.807) is 4.57 Å². The first-order valence-electron chi connectivity index (χ1n) is 13.4. The third kappa shape index (κ3) is 7.94. The van der Waals surface area contributed by atoms with Crippen LogP contribution in [0, 0.1) is 10.1 Å². The van der Waals surface area contributed by atoms with E-state index in [4.69, 9.17) is 14.2 Å². The van der Waals surface area contributed by atoms with Crippen molar-refractivity contribution in [1.82, 2.24) is 14.5 Å². The summed E-state index contributed by atoms with van der Waals surface area (Å²) in [6, 6.07) is 13.0. The van der Waals surface area contributed by atoms with Crippen molar-refractivity contribution in [2.75, 3.05) is 50.8 Å². The first-order chi connectivity index (χ1) is 20.1. The summed E-state index contributed by atoms with van der Waals surface area (Å²) >= 11 is 0. The molecular formula is C27H30F3N5O7. The normalized spacial score (nSPS) is 18.1. The van der Waals surface area contributed by atoms with Crippen molar-refractivity contribution >= 4 is 11.5 Å². The highest BCUT2D eigenvalue weighted by molar-refractivity contribution is 5.49. The van der Waals surface area contributed by atoms with Crippen molar-refractivity contribution < 1.29 is 42.1 Å². The number of aryl methyl sites for hydroxylation is 1. The van der Waals surface area contributed by atoms with E-state index in [1.165, 1.54) is 18.3 Å². The molecule has 1 aromatic heterocycles. The van der Waals surface area contributed by atoms with Gasteiger partial charge in [0.25, 0.3) is 0 Å². The summed E-state index contributed by atoms with van der Waals surface area (Å²) in [6.45, 7) is 4.30. The van der Waals surface area contributed by atoms with Gasteiger partial charge in [0.05, 0.1) is 0 Å². The third-order valence-corrected chi connectivity index (χ3v) is 6.86. The summed E-state index contributed by atoms with van der Waals surface area (Å²) < 4.78 is 59.4. The van der Waals surface area contributed by atoms with Gasteiger partial charge in [-0.05, 0) is 53.5 Å². The van der Waals surface area contributed by atoms with Gasteiger partial charge in [-0.1, -0.05) is 0 Å². The molecule has 1 N–H and O–H groups in total. The number of aromatic nitrogens is 2. The standard InChI is InChI=1S/C27H30F3N5O7/c28-27(29,30)42-23-7-5-22(6-8-23)39-17-20(36)15-32-11-13-33(14-12-32)19-1-3-21(4-2-19)40-18-24-9-10-34-16-25(35(37)38)31-26(34)41-24/h1-8,16,20,24,36H,9-15,17-18H2/t20?,24-/m1/s1. The number of fused-ring (bicyclic) bond motifs is 1. The molecule has 2 aromatic carbocycles. The maximum absolute atomic E-state index is 12.3. The summed E-state index contributed by atoms with van der Waals surface area (Å²) in [6.07, 6.45) is -3.75. The van der Waals surface area contributed by atoms with Gasteiger partial charge in [0, 0.05) is 56.4 Å². The van der Waals surface area contributed by atoms with Gasteiger partial charge in [-0.3, -0.25) is 9.47 Å². The van der Waals surface area contributed by atoms with Crippen molar-refractivity contribution in [1.29, 1.82) is 0 Å². The molecule has 2 aliphatic rings. The Balaban J connectivity index is 1.00. The Hall–Kier alpha value is -4.24. The van der Waals surface area contributed by atoms with Crippen LogP contribution in [0.25, 0.3) is 0 Å². The molecule has 0 saturated carbocycles. The summed E-state index contributed by atoms with van der Waals surface area (Å²) in [5.74, 6) is 0.450. The number of hydrogen-bond acceptors (Lipinski definition) is 10. The van der Waals surface area contributed by atoms with Crippen LogP contribution in [0.15, 0.2) is 54.7 Å². The smallest absolute Gasteiger partial charge is 0.491 e. The molecular weight excluding hydrogens is 563 g/mol. The van der Waals surface area contributed by atoms with Gasteiger partial charge in [0.1, 0.15) is 48.9 Å². The molecule has 2 aliphatic heterocycles. The number of aliphatic hydroxyl groups is 1. The molecule has 1 fully saturated rings. The molecule has 226 valence electrons. The molecule has 0 aliphatic carbocycles. The lowest BCUT2D eigenvalue weighted by Gasteiger charge is -2.36. The number of rotatable bonds is 11. The number of benzene rings is 2. The number of alkyl halides is 3. The number of piperazine rings is 1. The lowest BCUT2D eigenvalue weighted by molar-refractivity contribution is -0.389. The second-order valence-electron chi connectivity index (χ2n) is 9.94. The van der Waals surface area contributed by atoms with E-state index < -0.39 is 17.4 Å². The minimum absolute atomic E-state index is 0.0101. The van der Waals surface area contributed by atoms with E-state index in [0.29, 0.717) is 37.6 Å². The largest absolute Gasteiger partial charge is 0.573 e. The van der Waals surface area contributed by atoms with E-state index >= 15 is 0 Å². The highest BCUT2D eigenvalue weighted by Gasteiger charge is 2.31. The maximum Gasteiger partial charge on any atom is 0.573 e. The van der Waals surface area contributed by atoms with Gasteiger partial charge < -0.3 is 39.1 Å². The molecule has 0 radical (unpaired) electrons. The number of hydrogen-bond donors (Lipinski definition) is 1. The van der Waals surface area contributed by atoms with Crippen LogP contribution in [0.1, 0.15) is 6.42 Å². The predicted molar refractivity (Wildman–Crippen MR) is 143 cm³/mol. The number of ether oxygens (including phenoxy) is 4. The number of anilines is 1. The Morgan fingerprint density at radius 3 is 2.31 bits per heavy atom. The quantitative estimate of drug-likeness (QED) is 0.261. The fraction of sp³-hybridized carbons (Fsp3) is 0.444. The molecule has 5 rings (SSSR count). The Bertz CT molecular complexity index is 1330. The number of nitrogens with zero attached hydrogens (tertiary/aromatic N) is 5. The molecule has 3 heterocycles. The van der Waals surface area contributed by atoms with E-state index in [2.05, 4.69) is 19.5 Å². The van der Waals surface area contributed by atoms with Gasteiger partial charge in [-0.25, -0.2) is 0 Å². The Morgan fingerprint density at radius 1 is 1.00 bits per heavy atom. The zero-order valence-corrected chi connectivity index (χ0v) is 22.5. The summed E-state index contributed by atoms with van der Waals surface area (Å²) in [5.41, 5.74) is 1.05. The lowest BCUT2D eigenvalue weighted by atomic mass is 10.2. The van der Waals surface area contributed by atoms with Crippen molar-refractivity contribution in [2.45, 2.75) is 31.5 Å². The summed E-state index contributed by atoms with van der Waals surface area (Å²) in [5, 5.41) is 21.3. The number of imidazole rings is 1. The Labute approximate surface area is 238 Å². The molecule has 12 nitrogen and oxygen atoms in total. The van der Waals surface area contributed by atoms with Gasteiger partial charge in [-0.2, -0.15) is 0 Å². The van der Waals surface area contributed by atoms with Crippen LogP contribution in [0.4, 0.5) is 24.7 Å². The predicted octanol–water partition coefficient (Wildman–Crippen LogP) is 3.48. The van der Waals surface area contributed by atoms with Crippen LogP contribution in [-0.2, 0) is 6.54 Å². The minimum atomic E-state index is -4.75. The second kappa shape index (κ2) is 12.7. The monoisotopic (exact) mass is 593 g/mol. The number of β-amino-alcohol motifs (C(OH)–C–C–N with tert-alkyl or cyclic N) is 1. The first kappa shape index (κ1) is 29.3. The Kier molecular flexibility index (Phi) is 8.87. The van der Waals surface area contributed by atoms with Crippen molar-refractivity contribution in [3.05, 3.63) is 64.8 Å². The van der Waals surface area contributed by atoms with Crippen LogP contribution >= 0.6 is 0 Å². The van der Waals surface area contributed by atoms with E-state index in [1.807, 2.05) is 24.3 Å². The fourth-order valence-corrected chi connectivity index (χ4v) is 4.75. The van der Waals surface area contributed by atoms with E-state index in [-0.39, 0.29) is 30.3 Å². The average Bonchev–Trinajstić information content (AvgIpc) is 3.40. The molecule has 15 heteroatoms. The van der Waals surface area contributed by atoms with Crippen LogP contribution < -0.4 is 23.8 Å². The lowest BCUT2D eigenvalue weighted by Crippen LogP contribution is -2.49. The maximum atomic E-state index is 12.3. The average molecular weight is 594 g/mol. The number of aliphatic hydroxyl groups excluding tert-OH is 1. The molecule has 42 heavy (non-hydrogen) atoms. The highest BCUT2D eigenvalue weighted by Crippen LogP contribution is 2.27. The van der Waals surface area contributed by atoms with Crippen LogP contribution in [0.3, 0.4) is 0 Å². The highest BCUT2D eigenvalue weighted by atomic mass is 19.4. The van der Waals surface area contributed by atoms with Gasteiger partial charge in [-0.15, -0.1) is 13.2 Å². The van der Waals surface area contributed by atoms with Crippen molar-refractivity contribution in [3.8, 4) is 23.3 Å². The summed E-state index contributed by atoms with van der Waals surface area (Å²) in [7, 11) is 0. The second-order valence-corrected chi connectivity index (χ2v) is 9.94. The van der Waals surface area contributed by atoms with Crippen LogP contribution in [-0.4, -0.2) is 89.0 Å². The van der Waals surface area contributed by atoms with Gasteiger partial charge in [0.2, 0.25) is 0 Å². The first-order valence-corrected chi connectivity index (χ1v) is 13.4. The molecule has 3 aromatic rings. The van der Waals surface area contributed by atoms with Gasteiger partial charge >= 0.3 is 18.2 Å². The SMILES string of the molecule is O=[N+]([O-])c1cn2c(n1)O[C@@H](COc1ccc(N3CCN(CC(O)COc4ccc(OC(F)(F)F)cc4)CC3)cc1)CC2. The number of halogens is 3. The van der Waals surface area contributed by atoms with Crippen LogP contribution in [0.2, 0.25) is 0 Å². The van der Waals surface area contributed by atoms with Crippen molar-refractivity contribution in [2.24, 2.45) is 0 Å². The molecule has 0 spiro atoms. The summed E-state index contributed by atoms with van der Waals surface area (Å²) in [4.78, 5) is 18.6. The van der Waals surface area contributed by atoms with E-state index in [9.17, 15) is 28.4 Å². The zero-order chi connectivity index (χ0) is 29.7. The van der Waals surface area contributed by atoms with Crippen LogP contribution in [0.5, 0.6) is 23.3 Å². The molecule has 2 atom stereocenters. The molecule has 0 bridgehead atoms. The molecule has 1 saturated heterocycles. The third-order valence-electron chi connectivity index (χ3n) is 6.86. The number of nitro groups is 1. The van der Waals surface area contributed by atoms with E-state index in [0.717, 1.165) is 44.0 Å². The topological polar surface area (TPSA) is 125 Å². The zero-order valence-electron chi connectivity index (χ0n) is 22.5.